The quantitative estimate of drug-likeness (QED) is 0.158. The molecule has 0 aliphatic heterocycles. The van der Waals surface area contributed by atoms with E-state index in [4.69, 9.17) is 15.9 Å². The third-order valence-corrected chi connectivity index (χ3v) is 3.81. The van der Waals surface area contributed by atoms with Gasteiger partial charge in [0.25, 0.3) is 0 Å². The number of carboxylic acids is 2. The molecule has 0 spiro atoms. The zero-order valence-corrected chi connectivity index (χ0v) is 15.5. The molecule has 0 aliphatic rings. The number of nitrogens with two attached hydrogens (primary N) is 1. The van der Waals surface area contributed by atoms with Crippen LogP contribution in [-0.4, -0.2) is 76.0 Å². The van der Waals surface area contributed by atoms with Gasteiger partial charge in [0, 0.05) is 17.9 Å². The van der Waals surface area contributed by atoms with E-state index in [0.717, 1.165) is 0 Å². The summed E-state index contributed by atoms with van der Waals surface area (Å²) in [5.74, 6) is -4.77. The van der Waals surface area contributed by atoms with Crippen molar-refractivity contribution in [3.05, 3.63) is 0 Å². The van der Waals surface area contributed by atoms with Crippen LogP contribution in [0.3, 0.4) is 0 Å². The molecule has 13 heteroatoms. The van der Waals surface area contributed by atoms with Gasteiger partial charge in [-0.25, -0.2) is 4.79 Å². The fourth-order valence-electron chi connectivity index (χ4n) is 1.64. The average molecular weight is 410 g/mol. The zero-order chi connectivity index (χ0) is 20.3. The van der Waals surface area contributed by atoms with Gasteiger partial charge in [-0.3, -0.25) is 19.2 Å². The first kappa shape index (κ1) is 24.0. The molecule has 26 heavy (non-hydrogen) atoms. The summed E-state index contributed by atoms with van der Waals surface area (Å²) >= 11 is 7.73. The highest BCUT2D eigenvalue weighted by molar-refractivity contribution is 7.80. The summed E-state index contributed by atoms with van der Waals surface area (Å²) in [6.07, 6.45) is -0.536. The molecule has 0 saturated heterocycles. The van der Waals surface area contributed by atoms with Gasteiger partial charge in [-0.1, -0.05) is 0 Å². The fourth-order valence-corrected chi connectivity index (χ4v) is 2.06. The number of thiol groups is 2. The lowest BCUT2D eigenvalue weighted by molar-refractivity contribution is -0.142. The van der Waals surface area contributed by atoms with Gasteiger partial charge in [-0.05, 0) is 6.42 Å². The lowest BCUT2D eigenvalue weighted by atomic mass is 10.1. The van der Waals surface area contributed by atoms with Crippen molar-refractivity contribution >= 4 is 54.9 Å². The molecule has 0 aromatic heterocycles. The Morgan fingerprint density at radius 2 is 1.54 bits per heavy atom. The summed E-state index contributed by atoms with van der Waals surface area (Å²) in [5.41, 5.74) is 5.43. The zero-order valence-electron chi connectivity index (χ0n) is 13.7. The molecule has 0 aliphatic carbocycles. The Morgan fingerprint density at radius 1 is 0.923 bits per heavy atom. The molecular formula is C13H22N4O7S2. The van der Waals surface area contributed by atoms with Crippen LogP contribution in [0.2, 0.25) is 0 Å². The summed E-state index contributed by atoms with van der Waals surface area (Å²) < 4.78 is 0. The van der Waals surface area contributed by atoms with Crippen LogP contribution in [0.1, 0.15) is 12.8 Å². The van der Waals surface area contributed by atoms with Crippen LogP contribution in [-0.2, 0) is 24.0 Å². The minimum absolute atomic E-state index is 0.0216. The van der Waals surface area contributed by atoms with Crippen molar-refractivity contribution in [3.8, 4) is 0 Å². The maximum atomic E-state index is 11.9. The number of carbonyl (C=O) groups is 5. The Balaban J connectivity index is 4.57. The second-order valence-corrected chi connectivity index (χ2v) is 5.87. The molecule has 11 nitrogen and oxygen atoms in total. The molecule has 0 saturated carbocycles. The SMILES string of the molecule is N[C@@H](CS)C(=O)N[C@@H](CCC(=O)N[C@@H](CS)C(=O)NCC(=O)O)C(=O)O. The van der Waals surface area contributed by atoms with E-state index < -0.39 is 54.3 Å². The summed E-state index contributed by atoms with van der Waals surface area (Å²) in [6.45, 7) is -0.614. The van der Waals surface area contributed by atoms with Gasteiger partial charge in [0.15, 0.2) is 0 Å². The van der Waals surface area contributed by atoms with E-state index in [9.17, 15) is 24.0 Å². The topological polar surface area (TPSA) is 188 Å². The van der Waals surface area contributed by atoms with Crippen LogP contribution in [0.15, 0.2) is 0 Å². The predicted molar refractivity (Wildman–Crippen MR) is 97.1 cm³/mol. The number of amides is 3. The van der Waals surface area contributed by atoms with Gasteiger partial charge < -0.3 is 31.9 Å². The average Bonchev–Trinajstić information content (AvgIpc) is 2.59. The molecule has 0 aromatic carbocycles. The Hall–Kier alpha value is -1.99. The molecule has 0 radical (unpaired) electrons. The van der Waals surface area contributed by atoms with Crippen molar-refractivity contribution < 1.29 is 34.2 Å². The molecule has 3 amide bonds. The molecule has 0 heterocycles. The van der Waals surface area contributed by atoms with Gasteiger partial charge in [0.1, 0.15) is 18.6 Å². The first-order valence-electron chi connectivity index (χ1n) is 7.41. The maximum absolute atomic E-state index is 11.9. The molecule has 0 bridgehead atoms. The first-order valence-corrected chi connectivity index (χ1v) is 8.68. The van der Waals surface area contributed by atoms with Crippen LogP contribution in [0, 0.1) is 0 Å². The smallest absolute Gasteiger partial charge is 0.326 e. The minimum Gasteiger partial charge on any atom is -0.480 e. The van der Waals surface area contributed by atoms with Gasteiger partial charge in [0.05, 0.1) is 6.04 Å². The molecule has 148 valence electrons. The van der Waals surface area contributed by atoms with Crippen molar-refractivity contribution in [3.63, 3.8) is 0 Å². The Labute approximate surface area is 160 Å². The van der Waals surface area contributed by atoms with Gasteiger partial charge in [-0.15, -0.1) is 0 Å². The van der Waals surface area contributed by atoms with E-state index in [1.165, 1.54) is 0 Å². The molecule has 0 unspecified atom stereocenters. The lowest BCUT2D eigenvalue weighted by Crippen LogP contribution is -2.50. The van der Waals surface area contributed by atoms with Crippen molar-refractivity contribution in [1.82, 2.24) is 16.0 Å². The number of hydrogen-bond donors (Lipinski definition) is 8. The van der Waals surface area contributed by atoms with E-state index in [1.54, 1.807) is 0 Å². The molecule has 7 N–H and O–H groups in total. The highest BCUT2D eigenvalue weighted by atomic mass is 32.1. The van der Waals surface area contributed by atoms with E-state index in [1.807, 2.05) is 0 Å². The highest BCUT2D eigenvalue weighted by Gasteiger charge is 2.25. The number of carbonyl (C=O) groups excluding carboxylic acids is 3. The van der Waals surface area contributed by atoms with Crippen LogP contribution < -0.4 is 21.7 Å². The Kier molecular flexibility index (Phi) is 11.4. The third-order valence-electron chi connectivity index (χ3n) is 3.06. The van der Waals surface area contributed by atoms with E-state index in [0.29, 0.717) is 0 Å². The molecule has 0 aromatic rings. The monoisotopic (exact) mass is 410 g/mol. The largest absolute Gasteiger partial charge is 0.480 e. The summed E-state index contributed by atoms with van der Waals surface area (Å²) in [7, 11) is 0. The lowest BCUT2D eigenvalue weighted by Gasteiger charge is -2.18. The van der Waals surface area contributed by atoms with Crippen molar-refractivity contribution in [2.75, 3.05) is 18.1 Å². The van der Waals surface area contributed by atoms with E-state index >= 15 is 0 Å². The second kappa shape index (κ2) is 12.4. The van der Waals surface area contributed by atoms with Gasteiger partial charge in [0.2, 0.25) is 17.7 Å². The van der Waals surface area contributed by atoms with Crippen molar-refractivity contribution in [2.24, 2.45) is 5.73 Å². The molecule has 0 fully saturated rings. The normalized spacial score (nSPS) is 13.8. The predicted octanol–water partition coefficient (Wildman–Crippen LogP) is -2.79. The molecular weight excluding hydrogens is 388 g/mol. The number of hydrogen-bond acceptors (Lipinski definition) is 8. The minimum atomic E-state index is -1.34. The number of aliphatic carboxylic acids is 2. The van der Waals surface area contributed by atoms with Crippen molar-refractivity contribution in [2.45, 2.75) is 31.0 Å². The second-order valence-electron chi connectivity index (χ2n) is 5.14. The third kappa shape index (κ3) is 9.48. The number of nitrogens with one attached hydrogen (secondary N) is 3. The Morgan fingerprint density at radius 3 is 2.00 bits per heavy atom. The first-order chi connectivity index (χ1) is 12.1. The molecule has 0 rings (SSSR count). The number of rotatable bonds is 12. The van der Waals surface area contributed by atoms with Crippen LogP contribution in [0.4, 0.5) is 0 Å². The van der Waals surface area contributed by atoms with Crippen molar-refractivity contribution in [1.29, 1.82) is 0 Å². The molecule has 3 atom stereocenters. The standard InChI is InChI=1S/C13H22N4O7S2/c14-6(4-25)11(21)17-7(13(23)24)1-2-9(18)16-8(5-26)12(22)15-3-10(19)20/h6-8,25-26H,1-5,14H2,(H,15,22)(H,16,18)(H,17,21)(H,19,20)(H,23,24)/t6-,7-,8-/m0/s1. The van der Waals surface area contributed by atoms with Crippen LogP contribution >= 0.6 is 25.3 Å². The van der Waals surface area contributed by atoms with Gasteiger partial charge >= 0.3 is 11.9 Å². The maximum Gasteiger partial charge on any atom is 0.326 e. The summed E-state index contributed by atoms with van der Waals surface area (Å²) in [4.78, 5) is 56.8. The van der Waals surface area contributed by atoms with Gasteiger partial charge in [-0.2, -0.15) is 25.3 Å². The fraction of sp³-hybridized carbons (Fsp3) is 0.615. The van der Waals surface area contributed by atoms with Crippen LogP contribution in [0.25, 0.3) is 0 Å². The highest BCUT2D eigenvalue weighted by Crippen LogP contribution is 2.01. The Bertz CT molecular complexity index is 547. The number of carboxylic acid groups (broad SMARTS) is 2. The summed E-state index contributed by atoms with van der Waals surface area (Å²) in [5, 5.41) is 24.2. The summed E-state index contributed by atoms with van der Waals surface area (Å²) in [6, 6.07) is -3.41. The van der Waals surface area contributed by atoms with E-state index in [-0.39, 0.29) is 24.3 Å². The van der Waals surface area contributed by atoms with Crippen LogP contribution in [0.5, 0.6) is 0 Å². The van der Waals surface area contributed by atoms with E-state index in [2.05, 4.69) is 41.2 Å².